The lowest BCUT2D eigenvalue weighted by atomic mass is 10.1. The fourth-order valence-electron chi connectivity index (χ4n) is 1.83. The van der Waals surface area contributed by atoms with E-state index in [4.69, 9.17) is 5.11 Å². The van der Waals surface area contributed by atoms with Crippen molar-refractivity contribution in [2.24, 2.45) is 0 Å². The molecule has 0 radical (unpaired) electrons. The van der Waals surface area contributed by atoms with Crippen LogP contribution >= 0.6 is 31.9 Å². The number of hydrogen-bond donors (Lipinski definition) is 2. The number of halogens is 2. The number of anilines is 1. The molecular weight excluding hydrogens is 386 g/mol. The lowest BCUT2D eigenvalue weighted by Gasteiger charge is -2.17. The Labute approximate surface area is 134 Å². The molecule has 0 fully saturated rings. The Hall–Kier alpha value is -1.33. The average molecular weight is 399 g/mol. The van der Waals surface area contributed by atoms with Crippen LogP contribution in [-0.4, -0.2) is 11.1 Å². The van der Waals surface area contributed by atoms with Crippen LogP contribution in [0.4, 0.5) is 5.69 Å². The molecule has 0 aliphatic carbocycles. The van der Waals surface area contributed by atoms with Gasteiger partial charge >= 0.3 is 5.97 Å². The molecule has 0 saturated carbocycles. The molecule has 0 aromatic heterocycles. The smallest absolute Gasteiger partial charge is 0.335 e. The molecule has 0 amide bonds. The number of nitrogens with one attached hydrogen (secondary N) is 1. The second-order valence-corrected chi connectivity index (χ2v) is 6.19. The second-order valence-electron chi connectivity index (χ2n) is 4.42. The van der Waals surface area contributed by atoms with Gasteiger partial charge in [0.15, 0.2) is 0 Å². The summed E-state index contributed by atoms with van der Waals surface area (Å²) in [7, 11) is 0. The molecular formula is C15H13Br2NO2. The van der Waals surface area contributed by atoms with Gasteiger partial charge in [-0.05, 0) is 58.7 Å². The number of aromatic carboxylic acids is 1. The molecule has 0 saturated heterocycles. The highest BCUT2D eigenvalue weighted by molar-refractivity contribution is 9.10. The maximum absolute atomic E-state index is 10.9. The largest absolute Gasteiger partial charge is 0.478 e. The molecule has 0 heterocycles. The number of rotatable bonds is 4. The molecule has 1 atom stereocenters. The molecule has 5 heteroatoms. The van der Waals surface area contributed by atoms with Crippen LogP contribution < -0.4 is 5.32 Å². The molecule has 104 valence electrons. The molecule has 3 nitrogen and oxygen atoms in total. The minimum atomic E-state index is -0.932. The van der Waals surface area contributed by atoms with Crippen molar-refractivity contribution in [2.45, 2.75) is 13.0 Å². The number of hydrogen-bond acceptors (Lipinski definition) is 2. The maximum Gasteiger partial charge on any atom is 0.335 e. The van der Waals surface area contributed by atoms with Crippen molar-refractivity contribution in [2.75, 3.05) is 5.32 Å². The number of carboxylic acid groups (broad SMARTS) is 1. The Morgan fingerprint density at radius 2 is 1.80 bits per heavy atom. The highest BCUT2D eigenvalue weighted by Crippen LogP contribution is 2.28. The van der Waals surface area contributed by atoms with E-state index >= 15 is 0 Å². The predicted octanol–water partition coefficient (Wildman–Crippen LogP) is 5.08. The van der Waals surface area contributed by atoms with Gasteiger partial charge in [0.25, 0.3) is 0 Å². The van der Waals surface area contributed by atoms with Crippen LogP contribution in [-0.2, 0) is 0 Å². The fraction of sp³-hybridized carbons (Fsp3) is 0.133. The van der Waals surface area contributed by atoms with Crippen molar-refractivity contribution in [1.82, 2.24) is 0 Å². The Morgan fingerprint density at radius 1 is 1.15 bits per heavy atom. The van der Waals surface area contributed by atoms with Crippen LogP contribution in [0, 0.1) is 0 Å². The minimum absolute atomic E-state index is 0.120. The molecule has 2 N–H and O–H groups in total. The number of carbonyl (C=O) groups is 1. The van der Waals surface area contributed by atoms with Crippen LogP contribution in [0.2, 0.25) is 0 Å². The molecule has 20 heavy (non-hydrogen) atoms. The Morgan fingerprint density at radius 3 is 2.35 bits per heavy atom. The van der Waals surface area contributed by atoms with Crippen molar-refractivity contribution in [3.8, 4) is 0 Å². The van der Waals surface area contributed by atoms with Gasteiger partial charge in [-0.2, -0.15) is 0 Å². The zero-order chi connectivity index (χ0) is 14.7. The Balaban J connectivity index is 2.17. The zero-order valence-electron chi connectivity index (χ0n) is 10.7. The van der Waals surface area contributed by atoms with E-state index in [1.54, 1.807) is 18.2 Å². The van der Waals surface area contributed by atoms with Crippen molar-refractivity contribution in [1.29, 1.82) is 0 Å². The standard InChI is InChI=1S/C15H13Br2NO2/c1-9(10-2-5-12(16)6-3-10)18-14-7-4-11(15(19)20)8-13(14)17/h2-9,18H,1H3,(H,19,20). The van der Waals surface area contributed by atoms with Crippen molar-refractivity contribution in [3.05, 3.63) is 62.5 Å². The van der Waals surface area contributed by atoms with Gasteiger partial charge in [-0.25, -0.2) is 4.79 Å². The predicted molar refractivity (Wildman–Crippen MR) is 87.3 cm³/mol. The summed E-state index contributed by atoms with van der Waals surface area (Å²) >= 11 is 6.81. The summed E-state index contributed by atoms with van der Waals surface area (Å²) in [6.45, 7) is 2.06. The van der Waals surface area contributed by atoms with Gasteiger partial charge in [-0.3, -0.25) is 0 Å². The fourth-order valence-corrected chi connectivity index (χ4v) is 2.59. The van der Waals surface area contributed by atoms with Gasteiger partial charge < -0.3 is 10.4 Å². The molecule has 0 aliphatic heterocycles. The second kappa shape index (κ2) is 6.41. The SMILES string of the molecule is CC(Nc1ccc(C(=O)O)cc1Br)c1ccc(Br)cc1. The van der Waals surface area contributed by atoms with Crippen LogP contribution in [0.25, 0.3) is 0 Å². The van der Waals surface area contributed by atoms with E-state index in [-0.39, 0.29) is 11.6 Å². The molecule has 2 aromatic rings. The zero-order valence-corrected chi connectivity index (χ0v) is 13.9. The average Bonchev–Trinajstić information content (AvgIpc) is 2.41. The third-order valence-corrected chi connectivity index (χ3v) is 4.14. The van der Waals surface area contributed by atoms with Gasteiger partial charge in [0.1, 0.15) is 0 Å². The molecule has 2 rings (SSSR count). The Bertz CT molecular complexity index is 626. The van der Waals surface area contributed by atoms with Gasteiger partial charge in [0.05, 0.1) is 5.56 Å². The summed E-state index contributed by atoms with van der Waals surface area (Å²) in [6, 6.07) is 13.1. The molecule has 0 spiro atoms. The first-order valence-electron chi connectivity index (χ1n) is 6.02. The van der Waals surface area contributed by atoms with Crippen LogP contribution in [0.1, 0.15) is 28.9 Å². The summed E-state index contributed by atoms with van der Waals surface area (Å²) in [6.07, 6.45) is 0. The van der Waals surface area contributed by atoms with E-state index in [1.165, 1.54) is 0 Å². The lowest BCUT2D eigenvalue weighted by molar-refractivity contribution is 0.0697. The van der Waals surface area contributed by atoms with E-state index < -0.39 is 5.97 Å². The molecule has 2 aromatic carbocycles. The van der Waals surface area contributed by atoms with E-state index in [0.29, 0.717) is 0 Å². The normalized spacial score (nSPS) is 11.9. The van der Waals surface area contributed by atoms with E-state index in [1.807, 2.05) is 24.3 Å². The van der Waals surface area contributed by atoms with Crippen LogP contribution in [0.3, 0.4) is 0 Å². The monoisotopic (exact) mass is 397 g/mol. The third kappa shape index (κ3) is 3.61. The van der Waals surface area contributed by atoms with Crippen LogP contribution in [0.15, 0.2) is 51.4 Å². The molecule has 1 unspecified atom stereocenters. The van der Waals surface area contributed by atoms with E-state index in [0.717, 1.165) is 20.2 Å². The Kier molecular flexibility index (Phi) is 4.83. The highest BCUT2D eigenvalue weighted by Gasteiger charge is 2.10. The highest BCUT2D eigenvalue weighted by atomic mass is 79.9. The van der Waals surface area contributed by atoms with Gasteiger partial charge in [-0.15, -0.1) is 0 Å². The van der Waals surface area contributed by atoms with Crippen molar-refractivity contribution < 1.29 is 9.90 Å². The number of carboxylic acids is 1. The molecule has 0 bridgehead atoms. The van der Waals surface area contributed by atoms with Gasteiger partial charge in [0.2, 0.25) is 0 Å². The number of benzene rings is 2. The summed E-state index contributed by atoms with van der Waals surface area (Å²) < 4.78 is 1.78. The summed E-state index contributed by atoms with van der Waals surface area (Å²) in [5, 5.41) is 12.3. The first-order chi connectivity index (χ1) is 9.47. The maximum atomic E-state index is 10.9. The van der Waals surface area contributed by atoms with Crippen molar-refractivity contribution in [3.63, 3.8) is 0 Å². The molecule has 0 aliphatic rings. The van der Waals surface area contributed by atoms with Crippen molar-refractivity contribution >= 4 is 43.5 Å². The lowest BCUT2D eigenvalue weighted by Crippen LogP contribution is -2.07. The van der Waals surface area contributed by atoms with Gasteiger partial charge in [0, 0.05) is 20.7 Å². The quantitative estimate of drug-likeness (QED) is 0.754. The van der Waals surface area contributed by atoms with Crippen LogP contribution in [0.5, 0.6) is 0 Å². The summed E-state index contributed by atoms with van der Waals surface area (Å²) in [5.41, 5.74) is 2.28. The summed E-state index contributed by atoms with van der Waals surface area (Å²) in [4.78, 5) is 10.9. The van der Waals surface area contributed by atoms with E-state index in [2.05, 4.69) is 44.1 Å². The topological polar surface area (TPSA) is 49.3 Å². The van der Waals surface area contributed by atoms with E-state index in [9.17, 15) is 4.79 Å². The first kappa shape index (κ1) is 15.1. The van der Waals surface area contributed by atoms with Gasteiger partial charge in [-0.1, -0.05) is 28.1 Å². The third-order valence-electron chi connectivity index (χ3n) is 2.96. The summed E-state index contributed by atoms with van der Waals surface area (Å²) in [5.74, 6) is -0.932. The minimum Gasteiger partial charge on any atom is -0.478 e. The first-order valence-corrected chi connectivity index (χ1v) is 7.61.